The molecule has 0 aliphatic heterocycles. The van der Waals surface area contributed by atoms with Crippen molar-refractivity contribution in [2.24, 2.45) is 5.73 Å². The molecule has 0 amide bonds. The molecule has 2 N–H and O–H groups in total. The third-order valence-corrected chi connectivity index (χ3v) is 2.74. The minimum Gasteiger partial charge on any atom is -0.397 e. The van der Waals surface area contributed by atoms with Crippen molar-refractivity contribution in [1.29, 1.82) is 5.26 Å². The predicted octanol–water partition coefficient (Wildman–Crippen LogP) is 2.71. The van der Waals surface area contributed by atoms with Gasteiger partial charge in [0.2, 0.25) is 5.67 Å². The number of halogens is 2. The first-order valence-corrected chi connectivity index (χ1v) is 5.08. The molecule has 1 aliphatic carbocycles. The van der Waals surface area contributed by atoms with Crippen molar-refractivity contribution < 1.29 is 8.78 Å². The van der Waals surface area contributed by atoms with Gasteiger partial charge in [0.1, 0.15) is 11.9 Å². The molecule has 0 aromatic heterocycles. The van der Waals surface area contributed by atoms with Gasteiger partial charge in [-0.1, -0.05) is 30.3 Å². The number of alkyl halides is 1. The molecule has 86 valence electrons. The number of rotatable bonds is 1. The molecule has 1 aromatic carbocycles. The average Bonchev–Trinajstić information content (AvgIpc) is 2.35. The fraction of sp³-hybridized carbons (Fsp3) is 0.154. The second-order valence-electron chi connectivity index (χ2n) is 3.88. The van der Waals surface area contributed by atoms with E-state index in [-0.39, 0.29) is 5.70 Å². The highest BCUT2D eigenvalue weighted by molar-refractivity contribution is 5.45. The number of allylic oxidation sites excluding steroid dienone is 3. The van der Waals surface area contributed by atoms with Gasteiger partial charge in [0, 0.05) is 6.08 Å². The van der Waals surface area contributed by atoms with Gasteiger partial charge < -0.3 is 5.73 Å². The molecule has 0 fully saturated rings. The molecule has 1 aromatic rings. The van der Waals surface area contributed by atoms with Crippen LogP contribution in [0.25, 0.3) is 0 Å². The van der Waals surface area contributed by atoms with Gasteiger partial charge >= 0.3 is 0 Å². The van der Waals surface area contributed by atoms with Crippen molar-refractivity contribution in [3.63, 3.8) is 0 Å². The van der Waals surface area contributed by atoms with Crippen molar-refractivity contribution in [3.05, 3.63) is 59.6 Å². The fourth-order valence-corrected chi connectivity index (χ4v) is 1.84. The lowest BCUT2D eigenvalue weighted by Gasteiger charge is -2.27. The maximum Gasteiger partial charge on any atom is 0.227 e. The lowest BCUT2D eigenvalue weighted by atomic mass is 9.80. The second kappa shape index (κ2) is 4.02. The van der Waals surface area contributed by atoms with Crippen LogP contribution in [0.1, 0.15) is 11.5 Å². The largest absolute Gasteiger partial charge is 0.397 e. The van der Waals surface area contributed by atoms with Crippen molar-refractivity contribution >= 4 is 0 Å². The molecule has 0 heterocycles. The number of nitrogens with zero attached hydrogens (tertiary/aromatic N) is 1. The van der Waals surface area contributed by atoms with Crippen LogP contribution >= 0.6 is 0 Å². The van der Waals surface area contributed by atoms with Gasteiger partial charge in [0.25, 0.3) is 0 Å². The number of nitrogens with two attached hydrogens (primary N) is 1. The van der Waals surface area contributed by atoms with Gasteiger partial charge in [-0.05, 0) is 11.6 Å². The summed E-state index contributed by atoms with van der Waals surface area (Å²) >= 11 is 0. The van der Waals surface area contributed by atoms with E-state index in [0.717, 1.165) is 0 Å². The summed E-state index contributed by atoms with van der Waals surface area (Å²) in [6, 6.07) is 10.1. The zero-order chi connectivity index (χ0) is 12.5. The Morgan fingerprint density at radius 1 is 1.29 bits per heavy atom. The third kappa shape index (κ3) is 1.92. The zero-order valence-corrected chi connectivity index (χ0v) is 8.90. The highest BCUT2D eigenvalue weighted by Crippen LogP contribution is 2.39. The topological polar surface area (TPSA) is 49.8 Å². The smallest absolute Gasteiger partial charge is 0.227 e. The molecular weight excluding hydrogens is 222 g/mol. The summed E-state index contributed by atoms with van der Waals surface area (Å²) in [5, 5.41) is 8.88. The van der Waals surface area contributed by atoms with Crippen LogP contribution in [0.15, 0.2) is 54.0 Å². The molecule has 0 bridgehead atoms. The highest BCUT2D eigenvalue weighted by Gasteiger charge is 2.41. The molecule has 2 atom stereocenters. The van der Waals surface area contributed by atoms with Gasteiger partial charge in [-0.25, -0.2) is 8.78 Å². The third-order valence-electron chi connectivity index (χ3n) is 2.74. The van der Waals surface area contributed by atoms with E-state index >= 15 is 0 Å². The van der Waals surface area contributed by atoms with Gasteiger partial charge in [-0.3, -0.25) is 0 Å². The Bertz CT molecular complexity index is 528. The van der Waals surface area contributed by atoms with Crippen LogP contribution in [0, 0.1) is 11.3 Å². The van der Waals surface area contributed by atoms with E-state index in [2.05, 4.69) is 0 Å². The zero-order valence-electron chi connectivity index (χ0n) is 8.90. The average molecular weight is 232 g/mol. The van der Waals surface area contributed by atoms with E-state index in [9.17, 15) is 8.78 Å². The van der Waals surface area contributed by atoms with Gasteiger partial charge in [-0.2, -0.15) is 5.26 Å². The molecule has 2 unspecified atom stereocenters. The predicted molar refractivity (Wildman–Crippen MR) is 60.1 cm³/mol. The minimum atomic E-state index is -2.39. The molecule has 17 heavy (non-hydrogen) atoms. The van der Waals surface area contributed by atoms with Crippen LogP contribution in [0.3, 0.4) is 0 Å². The monoisotopic (exact) mass is 232 g/mol. The van der Waals surface area contributed by atoms with Crippen molar-refractivity contribution in [2.75, 3.05) is 0 Å². The molecule has 0 spiro atoms. The van der Waals surface area contributed by atoms with E-state index in [4.69, 9.17) is 11.0 Å². The minimum absolute atomic E-state index is 0.137. The first-order valence-electron chi connectivity index (χ1n) is 5.08. The molecule has 2 nitrogen and oxygen atoms in total. The Balaban J connectivity index is 2.51. The Morgan fingerprint density at radius 3 is 2.53 bits per heavy atom. The summed E-state index contributed by atoms with van der Waals surface area (Å²) in [5.74, 6) is -1.77. The summed E-state index contributed by atoms with van der Waals surface area (Å²) < 4.78 is 27.5. The van der Waals surface area contributed by atoms with Crippen LogP contribution < -0.4 is 5.73 Å². The summed E-state index contributed by atoms with van der Waals surface area (Å²) in [5.41, 5.74) is 3.48. The number of hydrogen-bond donors (Lipinski definition) is 1. The molecular formula is C13H10F2N2. The Labute approximate surface area is 97.7 Å². The molecule has 0 radical (unpaired) electrons. The number of benzene rings is 1. The van der Waals surface area contributed by atoms with Crippen LogP contribution in [0.4, 0.5) is 8.78 Å². The lowest BCUT2D eigenvalue weighted by Crippen LogP contribution is -2.30. The normalized spacial score (nSPS) is 27.9. The fourth-order valence-electron chi connectivity index (χ4n) is 1.84. The second-order valence-corrected chi connectivity index (χ2v) is 3.88. The molecule has 0 saturated carbocycles. The maximum absolute atomic E-state index is 14.3. The molecule has 2 rings (SSSR count). The van der Waals surface area contributed by atoms with Gasteiger partial charge in [0.15, 0.2) is 0 Å². The Morgan fingerprint density at radius 2 is 1.94 bits per heavy atom. The van der Waals surface area contributed by atoms with E-state index in [1.807, 2.05) is 0 Å². The van der Waals surface area contributed by atoms with Crippen molar-refractivity contribution in [1.82, 2.24) is 0 Å². The van der Waals surface area contributed by atoms with E-state index in [0.29, 0.717) is 11.6 Å². The Hall–Kier alpha value is -2.15. The van der Waals surface area contributed by atoms with E-state index in [1.165, 1.54) is 12.1 Å². The quantitative estimate of drug-likeness (QED) is 0.809. The van der Waals surface area contributed by atoms with Crippen LogP contribution in [0.5, 0.6) is 0 Å². The number of hydrogen-bond acceptors (Lipinski definition) is 2. The molecule has 4 heteroatoms. The van der Waals surface area contributed by atoms with Gasteiger partial charge in [-0.15, -0.1) is 0 Å². The lowest BCUT2D eigenvalue weighted by molar-refractivity contribution is 0.271. The Kier molecular flexibility index (Phi) is 2.68. The highest BCUT2D eigenvalue weighted by atomic mass is 19.1. The van der Waals surface area contributed by atoms with Crippen LogP contribution in [-0.2, 0) is 0 Å². The van der Waals surface area contributed by atoms with Gasteiger partial charge in [0.05, 0.1) is 11.6 Å². The van der Waals surface area contributed by atoms with Crippen LogP contribution in [-0.4, -0.2) is 5.67 Å². The summed E-state index contributed by atoms with van der Waals surface area (Å²) in [6.07, 6.45) is 1.88. The SMILES string of the molecule is N#CC1(F)C=C(F)C(N)=CC1c1ccccc1. The van der Waals surface area contributed by atoms with Crippen molar-refractivity contribution in [2.45, 2.75) is 11.6 Å². The molecule has 0 saturated heterocycles. The van der Waals surface area contributed by atoms with E-state index < -0.39 is 17.4 Å². The van der Waals surface area contributed by atoms with Crippen molar-refractivity contribution in [3.8, 4) is 6.07 Å². The first kappa shape index (κ1) is 11.3. The van der Waals surface area contributed by atoms with E-state index in [1.54, 1.807) is 30.3 Å². The summed E-state index contributed by atoms with van der Waals surface area (Å²) in [6.45, 7) is 0. The standard InChI is InChI=1S/C13H10F2N2/c14-11-7-13(15,8-16)10(6-12(11)17)9-4-2-1-3-5-9/h1-7,10H,17H2. The summed E-state index contributed by atoms with van der Waals surface area (Å²) in [7, 11) is 0. The maximum atomic E-state index is 14.3. The first-order chi connectivity index (χ1) is 8.07. The molecule has 1 aliphatic rings. The number of nitriles is 1. The summed E-state index contributed by atoms with van der Waals surface area (Å²) in [4.78, 5) is 0. The van der Waals surface area contributed by atoms with Crippen LogP contribution in [0.2, 0.25) is 0 Å².